The van der Waals surface area contributed by atoms with Crippen molar-refractivity contribution in [2.75, 3.05) is 39.7 Å². The Hall–Kier alpha value is -1.51. The van der Waals surface area contributed by atoms with E-state index in [2.05, 4.69) is 4.72 Å². The molecule has 2 rings (SSSR count). The Kier molecular flexibility index (Phi) is 4.92. The number of nitrogens with one attached hydrogen (secondary N) is 1. The van der Waals surface area contributed by atoms with Gasteiger partial charge in [0.05, 0.1) is 26.5 Å². The van der Waals surface area contributed by atoms with E-state index in [0.29, 0.717) is 25.5 Å². The Morgan fingerprint density at radius 3 is 2.62 bits per heavy atom. The molecular formula is C13H20N2O5S. The molecule has 1 aromatic carbocycles. The monoisotopic (exact) mass is 316 g/mol. The second kappa shape index (κ2) is 6.50. The first-order valence-corrected chi connectivity index (χ1v) is 8.05. The Morgan fingerprint density at radius 2 is 2.05 bits per heavy atom. The highest BCUT2D eigenvalue weighted by Gasteiger charge is 2.24. The van der Waals surface area contributed by atoms with Crippen molar-refractivity contribution in [2.45, 2.75) is 11.3 Å². The van der Waals surface area contributed by atoms with Gasteiger partial charge in [0.2, 0.25) is 10.0 Å². The van der Waals surface area contributed by atoms with Gasteiger partial charge in [0.15, 0.2) is 0 Å². The summed E-state index contributed by atoms with van der Waals surface area (Å²) in [6.07, 6.45) is 0.852. The molecule has 1 aromatic rings. The van der Waals surface area contributed by atoms with Crippen molar-refractivity contribution in [3.63, 3.8) is 0 Å². The number of methoxy groups -OCH3 is 2. The van der Waals surface area contributed by atoms with Gasteiger partial charge in [0, 0.05) is 19.2 Å². The number of nitrogens with two attached hydrogens (primary N) is 1. The van der Waals surface area contributed by atoms with Gasteiger partial charge in [0.25, 0.3) is 0 Å². The number of anilines is 1. The number of hydrogen-bond acceptors (Lipinski definition) is 6. The molecule has 1 heterocycles. The highest BCUT2D eigenvalue weighted by Crippen LogP contribution is 2.33. The summed E-state index contributed by atoms with van der Waals surface area (Å²) in [5.41, 5.74) is 6.02. The maximum atomic E-state index is 12.4. The summed E-state index contributed by atoms with van der Waals surface area (Å²) >= 11 is 0. The molecule has 0 radical (unpaired) electrons. The lowest BCUT2D eigenvalue weighted by Gasteiger charge is -2.15. The largest absolute Gasteiger partial charge is 0.495 e. The molecule has 7 nitrogen and oxygen atoms in total. The molecule has 1 aliphatic heterocycles. The fourth-order valence-corrected chi connectivity index (χ4v) is 3.45. The van der Waals surface area contributed by atoms with Crippen LogP contribution in [0.2, 0.25) is 0 Å². The molecule has 0 amide bonds. The van der Waals surface area contributed by atoms with E-state index in [4.69, 9.17) is 19.9 Å². The third kappa shape index (κ3) is 3.58. The molecule has 3 N–H and O–H groups in total. The molecule has 1 atom stereocenters. The summed E-state index contributed by atoms with van der Waals surface area (Å²) in [4.78, 5) is 0.00205. The van der Waals surface area contributed by atoms with Gasteiger partial charge in [-0.2, -0.15) is 0 Å². The molecule has 1 fully saturated rings. The summed E-state index contributed by atoms with van der Waals surface area (Å²) in [5, 5.41) is 0. The molecule has 1 saturated heterocycles. The van der Waals surface area contributed by atoms with Crippen molar-refractivity contribution in [3.8, 4) is 11.5 Å². The Labute approximate surface area is 124 Å². The van der Waals surface area contributed by atoms with Crippen LogP contribution in [-0.2, 0) is 14.8 Å². The van der Waals surface area contributed by atoms with Crippen LogP contribution in [0.25, 0.3) is 0 Å². The predicted octanol–water partition coefficient (Wildman–Crippen LogP) is 0.601. The van der Waals surface area contributed by atoms with Gasteiger partial charge in [-0.05, 0) is 18.4 Å². The van der Waals surface area contributed by atoms with E-state index in [1.807, 2.05) is 0 Å². The number of rotatable bonds is 6. The van der Waals surface area contributed by atoms with E-state index < -0.39 is 10.0 Å². The van der Waals surface area contributed by atoms with Gasteiger partial charge in [-0.15, -0.1) is 0 Å². The van der Waals surface area contributed by atoms with E-state index in [9.17, 15) is 8.42 Å². The van der Waals surface area contributed by atoms with Crippen molar-refractivity contribution in [1.82, 2.24) is 4.72 Å². The van der Waals surface area contributed by atoms with E-state index >= 15 is 0 Å². The van der Waals surface area contributed by atoms with Crippen LogP contribution >= 0.6 is 0 Å². The fraction of sp³-hybridized carbons (Fsp3) is 0.538. The first-order valence-electron chi connectivity index (χ1n) is 6.57. The van der Waals surface area contributed by atoms with Crippen LogP contribution in [0.5, 0.6) is 11.5 Å². The molecule has 0 bridgehead atoms. The van der Waals surface area contributed by atoms with Crippen molar-refractivity contribution in [2.24, 2.45) is 5.92 Å². The summed E-state index contributed by atoms with van der Waals surface area (Å²) in [5.74, 6) is 0.757. The normalized spacial score (nSPS) is 18.7. The van der Waals surface area contributed by atoms with Crippen molar-refractivity contribution < 1.29 is 22.6 Å². The van der Waals surface area contributed by atoms with E-state index in [-0.39, 0.29) is 22.3 Å². The molecule has 8 heteroatoms. The SMILES string of the molecule is COc1cc(OC)c(S(=O)(=O)NCC2CCOC2)cc1N. The minimum absolute atomic E-state index is 0.00205. The molecule has 118 valence electrons. The average Bonchev–Trinajstić information content (AvgIpc) is 2.98. The zero-order valence-corrected chi connectivity index (χ0v) is 12.9. The number of benzene rings is 1. The highest BCUT2D eigenvalue weighted by atomic mass is 32.2. The van der Waals surface area contributed by atoms with E-state index in [1.165, 1.54) is 26.4 Å². The fourth-order valence-electron chi connectivity index (χ4n) is 2.15. The van der Waals surface area contributed by atoms with Gasteiger partial charge < -0.3 is 19.9 Å². The minimum Gasteiger partial charge on any atom is -0.495 e. The van der Waals surface area contributed by atoms with E-state index in [0.717, 1.165) is 6.42 Å². The van der Waals surface area contributed by atoms with E-state index in [1.54, 1.807) is 0 Å². The molecule has 0 saturated carbocycles. The number of ether oxygens (including phenoxy) is 3. The quantitative estimate of drug-likeness (QED) is 0.746. The number of nitrogen functional groups attached to an aromatic ring is 1. The van der Waals surface area contributed by atoms with Crippen LogP contribution in [0.1, 0.15) is 6.42 Å². The van der Waals surface area contributed by atoms with Crippen LogP contribution in [-0.4, -0.2) is 42.4 Å². The van der Waals surface area contributed by atoms with Gasteiger partial charge >= 0.3 is 0 Å². The van der Waals surface area contributed by atoms with Crippen LogP contribution in [0.3, 0.4) is 0 Å². The molecular weight excluding hydrogens is 296 g/mol. The second-order valence-electron chi connectivity index (χ2n) is 4.83. The summed E-state index contributed by atoms with van der Waals surface area (Å²) < 4.78 is 42.8. The lowest BCUT2D eigenvalue weighted by atomic mass is 10.1. The molecule has 1 aliphatic rings. The smallest absolute Gasteiger partial charge is 0.244 e. The first kappa shape index (κ1) is 15.9. The van der Waals surface area contributed by atoms with Gasteiger partial charge in [0.1, 0.15) is 16.4 Å². The molecule has 1 unspecified atom stereocenters. The maximum absolute atomic E-state index is 12.4. The lowest BCUT2D eigenvalue weighted by Crippen LogP contribution is -2.30. The lowest BCUT2D eigenvalue weighted by molar-refractivity contribution is 0.186. The maximum Gasteiger partial charge on any atom is 0.244 e. The van der Waals surface area contributed by atoms with Crippen LogP contribution in [0, 0.1) is 5.92 Å². The minimum atomic E-state index is -3.70. The van der Waals surface area contributed by atoms with Crippen molar-refractivity contribution in [3.05, 3.63) is 12.1 Å². The topological polar surface area (TPSA) is 99.9 Å². The Balaban J connectivity index is 2.23. The molecule has 0 spiro atoms. The highest BCUT2D eigenvalue weighted by molar-refractivity contribution is 7.89. The second-order valence-corrected chi connectivity index (χ2v) is 6.56. The van der Waals surface area contributed by atoms with Crippen LogP contribution < -0.4 is 19.9 Å². The molecule has 0 aliphatic carbocycles. The zero-order valence-electron chi connectivity index (χ0n) is 12.1. The van der Waals surface area contributed by atoms with Gasteiger partial charge in [-0.3, -0.25) is 0 Å². The summed E-state index contributed by atoms with van der Waals surface area (Å²) in [6, 6.07) is 2.80. The third-order valence-electron chi connectivity index (χ3n) is 3.39. The predicted molar refractivity (Wildman–Crippen MR) is 78.1 cm³/mol. The Morgan fingerprint density at radius 1 is 1.33 bits per heavy atom. The molecule has 0 aromatic heterocycles. The van der Waals surface area contributed by atoms with Crippen LogP contribution in [0.15, 0.2) is 17.0 Å². The van der Waals surface area contributed by atoms with Crippen LogP contribution in [0.4, 0.5) is 5.69 Å². The number of hydrogen-bond donors (Lipinski definition) is 2. The van der Waals surface area contributed by atoms with Crippen molar-refractivity contribution in [1.29, 1.82) is 0 Å². The summed E-state index contributed by atoms with van der Waals surface area (Å²) in [6.45, 7) is 1.58. The van der Waals surface area contributed by atoms with Crippen molar-refractivity contribution >= 4 is 15.7 Å². The standard InChI is InChI=1S/C13H20N2O5S/c1-18-11-6-12(19-2)13(5-10(11)14)21(16,17)15-7-9-3-4-20-8-9/h5-6,9,15H,3-4,7-8,14H2,1-2H3. The first-order chi connectivity index (χ1) is 9.97. The third-order valence-corrected chi connectivity index (χ3v) is 4.84. The zero-order chi connectivity index (χ0) is 15.5. The summed E-state index contributed by atoms with van der Waals surface area (Å²) in [7, 11) is -0.850. The van der Waals surface area contributed by atoms with Gasteiger partial charge in [-0.1, -0.05) is 0 Å². The van der Waals surface area contributed by atoms with Gasteiger partial charge in [-0.25, -0.2) is 13.1 Å². The molecule has 21 heavy (non-hydrogen) atoms. The average molecular weight is 316 g/mol. The Bertz CT molecular complexity index is 597. The number of sulfonamides is 1.